The van der Waals surface area contributed by atoms with Crippen LogP contribution in [0.5, 0.6) is 17.2 Å². The first-order chi connectivity index (χ1) is 18.4. The van der Waals surface area contributed by atoms with Crippen molar-refractivity contribution in [3.8, 4) is 17.2 Å². The Morgan fingerprint density at radius 3 is 1.82 bits per heavy atom. The zero-order chi connectivity index (χ0) is 27.4. The Labute approximate surface area is 229 Å². The van der Waals surface area contributed by atoms with Gasteiger partial charge in [-0.15, -0.1) is 0 Å². The van der Waals surface area contributed by atoms with Crippen molar-refractivity contribution in [3.05, 3.63) is 89.5 Å². The summed E-state index contributed by atoms with van der Waals surface area (Å²) >= 11 is 0. The molecule has 1 N–H and O–H groups in total. The molecule has 0 spiro atoms. The maximum absolute atomic E-state index is 6.62. The van der Waals surface area contributed by atoms with Gasteiger partial charge in [0.1, 0.15) is 0 Å². The quantitative estimate of drug-likeness (QED) is 0.180. The zero-order valence-corrected chi connectivity index (χ0v) is 25.8. The Bertz CT molecular complexity index is 1200. The average molecular weight is 581 g/mol. The third-order valence-electron chi connectivity index (χ3n) is 5.23. The average Bonchev–Trinajstić information content (AvgIpc) is 2.89. The molecule has 0 bridgehead atoms. The number of nitrogens with zero attached hydrogens (tertiary/aromatic N) is 1. The normalized spacial score (nSPS) is 13.6. The monoisotopic (exact) mass is 580 g/mol. The van der Waals surface area contributed by atoms with Crippen molar-refractivity contribution in [2.24, 2.45) is 4.52 Å². The molecule has 38 heavy (non-hydrogen) atoms. The number of rotatable bonds is 15. The van der Waals surface area contributed by atoms with Crippen molar-refractivity contribution < 1.29 is 27.1 Å². The van der Waals surface area contributed by atoms with Crippen LogP contribution >= 0.6 is 24.7 Å². The van der Waals surface area contributed by atoms with Crippen LogP contribution in [0.3, 0.4) is 0 Å². The van der Waals surface area contributed by atoms with E-state index in [1.54, 1.807) is 0 Å². The standard InChI is InChI=1S/C27H39N2O6P3/c1-7-30-36(33-25-19-13-10-16-22(25)4)28-38(32-9-3,35-27-21-15-12-18-24(27)6)29-37(31-8-2)34-26-20-14-11-17-23(26)5/h10-21,28,37-38H,7-9H2,1-6H3. The Balaban J connectivity index is 2.07. The molecule has 0 fully saturated rings. The van der Waals surface area contributed by atoms with E-state index in [-0.39, 0.29) is 0 Å². The molecule has 0 aromatic heterocycles. The summed E-state index contributed by atoms with van der Waals surface area (Å²) in [6.07, 6.45) is 0. The maximum atomic E-state index is 6.62. The minimum absolute atomic E-state index is 0.347. The molecule has 2 unspecified atom stereocenters. The molecule has 208 valence electrons. The van der Waals surface area contributed by atoms with Crippen LogP contribution in [0.25, 0.3) is 0 Å². The van der Waals surface area contributed by atoms with Crippen molar-refractivity contribution in [1.29, 1.82) is 0 Å². The molecule has 0 saturated heterocycles. The fourth-order valence-electron chi connectivity index (χ4n) is 3.34. The summed E-state index contributed by atoms with van der Waals surface area (Å²) in [5.41, 5.74) is 2.93. The Morgan fingerprint density at radius 2 is 1.29 bits per heavy atom. The van der Waals surface area contributed by atoms with E-state index in [2.05, 4.69) is 4.86 Å². The number of hydrogen-bond acceptors (Lipinski definition) is 8. The van der Waals surface area contributed by atoms with Crippen LogP contribution in [0.1, 0.15) is 37.5 Å². The summed E-state index contributed by atoms with van der Waals surface area (Å²) in [4.78, 5) is 3.42. The van der Waals surface area contributed by atoms with E-state index in [0.717, 1.165) is 16.7 Å². The van der Waals surface area contributed by atoms with Gasteiger partial charge in [-0.05, 0) is 0 Å². The number of benzene rings is 3. The number of para-hydroxylation sites is 3. The molecule has 8 nitrogen and oxygen atoms in total. The van der Waals surface area contributed by atoms with Crippen LogP contribution in [-0.4, -0.2) is 19.8 Å². The van der Waals surface area contributed by atoms with Gasteiger partial charge in [0.25, 0.3) is 0 Å². The summed E-state index contributed by atoms with van der Waals surface area (Å²) in [7, 11) is -7.60. The molecule has 0 amide bonds. The molecule has 11 heteroatoms. The summed E-state index contributed by atoms with van der Waals surface area (Å²) in [6, 6.07) is 23.3. The van der Waals surface area contributed by atoms with Gasteiger partial charge in [-0.2, -0.15) is 0 Å². The topological polar surface area (TPSA) is 79.8 Å². The van der Waals surface area contributed by atoms with Gasteiger partial charge in [-0.3, -0.25) is 0 Å². The van der Waals surface area contributed by atoms with E-state index < -0.39 is 24.7 Å². The van der Waals surface area contributed by atoms with Crippen LogP contribution in [0.4, 0.5) is 0 Å². The second-order valence-electron chi connectivity index (χ2n) is 8.20. The van der Waals surface area contributed by atoms with Crippen LogP contribution in [-0.2, 0) is 13.6 Å². The van der Waals surface area contributed by atoms with Gasteiger partial charge in [0.2, 0.25) is 0 Å². The first kappa shape index (κ1) is 30.5. The van der Waals surface area contributed by atoms with Crippen LogP contribution in [0, 0.1) is 20.8 Å². The van der Waals surface area contributed by atoms with Crippen molar-refractivity contribution >= 4 is 24.7 Å². The van der Waals surface area contributed by atoms with E-state index in [9.17, 15) is 0 Å². The van der Waals surface area contributed by atoms with Gasteiger partial charge < -0.3 is 0 Å². The SMILES string of the molecule is CCOP(N[PH](/N=[PH](/OCC)Oc1ccccc1C)(OCC)Oc1ccccc1C)Oc1ccccc1C. The molecular formula is C27H39N2O6P3. The third kappa shape index (κ3) is 9.03. The predicted molar refractivity (Wildman–Crippen MR) is 159 cm³/mol. The molecule has 3 aromatic rings. The molecule has 0 aliphatic heterocycles. The molecular weight excluding hydrogens is 541 g/mol. The summed E-state index contributed by atoms with van der Waals surface area (Å²) in [5.74, 6) is 2.07. The van der Waals surface area contributed by atoms with Crippen LogP contribution in [0.2, 0.25) is 0 Å². The molecule has 0 heterocycles. The van der Waals surface area contributed by atoms with Crippen molar-refractivity contribution in [2.75, 3.05) is 19.8 Å². The fourth-order valence-corrected chi connectivity index (χ4v) is 10.0. The van der Waals surface area contributed by atoms with Crippen LogP contribution in [0.15, 0.2) is 77.3 Å². The van der Waals surface area contributed by atoms with Gasteiger partial charge in [0.15, 0.2) is 0 Å². The van der Waals surface area contributed by atoms with Crippen molar-refractivity contribution in [1.82, 2.24) is 4.86 Å². The van der Waals surface area contributed by atoms with Gasteiger partial charge in [-0.1, -0.05) is 0 Å². The Hall–Kier alpha value is -2.01. The van der Waals surface area contributed by atoms with Gasteiger partial charge in [0, 0.05) is 0 Å². The first-order valence-electron chi connectivity index (χ1n) is 12.7. The van der Waals surface area contributed by atoms with E-state index in [4.69, 9.17) is 31.7 Å². The molecule has 3 rings (SSSR count). The van der Waals surface area contributed by atoms with E-state index in [0.29, 0.717) is 37.1 Å². The minimum atomic E-state index is -3.66. The van der Waals surface area contributed by atoms with Crippen molar-refractivity contribution in [2.45, 2.75) is 41.5 Å². The summed E-state index contributed by atoms with van der Waals surface area (Å²) < 4.78 is 42.7. The second-order valence-corrected chi connectivity index (χ2v) is 13.6. The van der Waals surface area contributed by atoms with E-state index in [1.807, 2.05) is 114 Å². The van der Waals surface area contributed by atoms with Crippen LogP contribution < -0.4 is 18.4 Å². The molecule has 3 aromatic carbocycles. The predicted octanol–water partition coefficient (Wildman–Crippen LogP) is 8.71. The number of nitrogens with one attached hydrogen (secondary N) is 1. The van der Waals surface area contributed by atoms with Gasteiger partial charge in [0.05, 0.1) is 0 Å². The fraction of sp³-hybridized carbons (Fsp3) is 0.333. The first-order valence-corrected chi connectivity index (χ1v) is 16.9. The van der Waals surface area contributed by atoms with Gasteiger partial charge >= 0.3 is 229 Å². The second kappa shape index (κ2) is 15.5. The molecule has 0 saturated carbocycles. The number of aryl methyl sites for hydroxylation is 3. The van der Waals surface area contributed by atoms with Gasteiger partial charge in [-0.25, -0.2) is 0 Å². The Kier molecular flexibility index (Phi) is 12.5. The Morgan fingerprint density at radius 1 is 0.737 bits per heavy atom. The molecule has 0 aliphatic rings. The molecule has 0 radical (unpaired) electrons. The van der Waals surface area contributed by atoms with E-state index in [1.165, 1.54) is 0 Å². The summed E-state index contributed by atoms with van der Waals surface area (Å²) in [6.45, 7) is 12.9. The molecule has 2 atom stereocenters. The molecule has 0 aliphatic carbocycles. The van der Waals surface area contributed by atoms with Crippen molar-refractivity contribution in [3.63, 3.8) is 0 Å². The zero-order valence-electron chi connectivity index (χ0n) is 22.9. The number of hydrogen-bond donors (Lipinski definition) is 1. The van der Waals surface area contributed by atoms with E-state index >= 15 is 0 Å². The third-order valence-corrected chi connectivity index (χ3v) is 12.0. The summed E-state index contributed by atoms with van der Waals surface area (Å²) in [5, 5.41) is 0.